The molecule has 0 atom stereocenters. The molecule has 0 saturated carbocycles. The lowest BCUT2D eigenvalue weighted by molar-refractivity contribution is -0.116. The van der Waals surface area contributed by atoms with Crippen LogP contribution in [0.2, 0.25) is 0 Å². The van der Waals surface area contributed by atoms with Crippen molar-refractivity contribution in [2.45, 2.75) is 32.8 Å². The summed E-state index contributed by atoms with van der Waals surface area (Å²) in [6, 6.07) is 7.27. The molecule has 20 heavy (non-hydrogen) atoms. The van der Waals surface area contributed by atoms with Crippen molar-refractivity contribution in [3.05, 3.63) is 36.8 Å². The Bertz CT molecular complexity index is 478. The van der Waals surface area contributed by atoms with Gasteiger partial charge in [0.25, 0.3) is 0 Å². The van der Waals surface area contributed by atoms with E-state index in [0.717, 1.165) is 5.56 Å². The van der Waals surface area contributed by atoms with Crippen molar-refractivity contribution in [3.8, 4) is 0 Å². The van der Waals surface area contributed by atoms with Gasteiger partial charge in [-0.25, -0.2) is 4.79 Å². The van der Waals surface area contributed by atoms with Crippen LogP contribution in [0, 0.1) is 6.92 Å². The smallest absolute Gasteiger partial charge is 0.407 e. The SMILES string of the molecule is [CH2]c1ccccc1NC(=O)CCNC(=O)OC(C)(C)C. The summed E-state index contributed by atoms with van der Waals surface area (Å²) < 4.78 is 5.07. The molecule has 0 spiro atoms. The van der Waals surface area contributed by atoms with Gasteiger partial charge in [-0.2, -0.15) is 0 Å². The predicted molar refractivity (Wildman–Crippen MR) is 78.4 cm³/mol. The highest BCUT2D eigenvalue weighted by atomic mass is 16.6. The van der Waals surface area contributed by atoms with Gasteiger partial charge in [0.05, 0.1) is 0 Å². The number of anilines is 1. The Morgan fingerprint density at radius 1 is 1.25 bits per heavy atom. The van der Waals surface area contributed by atoms with Gasteiger partial charge in [-0.05, 0) is 39.3 Å². The normalized spacial score (nSPS) is 10.8. The van der Waals surface area contributed by atoms with E-state index in [1.165, 1.54) is 0 Å². The van der Waals surface area contributed by atoms with E-state index in [1.807, 2.05) is 18.2 Å². The van der Waals surface area contributed by atoms with E-state index in [2.05, 4.69) is 17.6 Å². The predicted octanol–water partition coefficient (Wildman–Crippen LogP) is 2.72. The summed E-state index contributed by atoms with van der Waals surface area (Å²) in [7, 11) is 0. The number of hydrogen-bond acceptors (Lipinski definition) is 3. The molecular weight excluding hydrogens is 256 g/mol. The molecule has 2 amide bonds. The number of nitrogens with one attached hydrogen (secondary N) is 2. The second-order valence-electron chi connectivity index (χ2n) is 5.38. The summed E-state index contributed by atoms with van der Waals surface area (Å²) in [6.45, 7) is 9.39. The van der Waals surface area contributed by atoms with Crippen molar-refractivity contribution >= 4 is 17.7 Å². The summed E-state index contributed by atoms with van der Waals surface area (Å²) in [5, 5.41) is 5.27. The number of ether oxygens (including phenoxy) is 1. The molecule has 1 aromatic carbocycles. The van der Waals surface area contributed by atoms with Gasteiger partial charge in [-0.3, -0.25) is 4.79 Å². The van der Waals surface area contributed by atoms with Gasteiger partial charge in [0.15, 0.2) is 0 Å². The molecular formula is C15H21N2O3. The van der Waals surface area contributed by atoms with Gasteiger partial charge < -0.3 is 15.4 Å². The third-order valence-electron chi connectivity index (χ3n) is 2.31. The van der Waals surface area contributed by atoms with Crippen LogP contribution < -0.4 is 10.6 Å². The summed E-state index contributed by atoms with van der Waals surface area (Å²) >= 11 is 0. The van der Waals surface area contributed by atoms with Crippen LogP contribution in [0.1, 0.15) is 32.8 Å². The first-order valence-electron chi connectivity index (χ1n) is 6.45. The fourth-order valence-corrected chi connectivity index (χ4v) is 1.45. The van der Waals surface area contributed by atoms with E-state index in [1.54, 1.807) is 26.8 Å². The van der Waals surface area contributed by atoms with Gasteiger partial charge in [0.1, 0.15) is 5.60 Å². The van der Waals surface area contributed by atoms with Gasteiger partial charge in [0.2, 0.25) is 5.91 Å². The molecule has 0 aliphatic carbocycles. The van der Waals surface area contributed by atoms with Gasteiger partial charge in [0, 0.05) is 18.7 Å². The standard InChI is InChI=1S/C15H21N2O3/c1-11-7-5-6-8-12(11)17-13(18)9-10-16-14(19)20-15(2,3)4/h5-8H,1,9-10H2,2-4H3,(H,16,19)(H,17,18). The molecule has 0 aliphatic heterocycles. The zero-order valence-corrected chi connectivity index (χ0v) is 12.2. The van der Waals surface area contributed by atoms with Crippen molar-refractivity contribution in [1.29, 1.82) is 0 Å². The van der Waals surface area contributed by atoms with Crippen molar-refractivity contribution in [3.63, 3.8) is 0 Å². The van der Waals surface area contributed by atoms with E-state index >= 15 is 0 Å². The first-order chi connectivity index (χ1) is 9.28. The Morgan fingerprint density at radius 3 is 2.50 bits per heavy atom. The van der Waals surface area contributed by atoms with E-state index in [9.17, 15) is 9.59 Å². The van der Waals surface area contributed by atoms with Crippen LogP contribution in [0.4, 0.5) is 10.5 Å². The molecule has 5 heteroatoms. The second kappa shape index (κ2) is 6.93. The number of carbonyl (C=O) groups is 2. The lowest BCUT2D eigenvalue weighted by atomic mass is 10.2. The zero-order chi connectivity index (χ0) is 15.2. The van der Waals surface area contributed by atoms with Crippen LogP contribution >= 0.6 is 0 Å². The lowest BCUT2D eigenvalue weighted by Crippen LogP contribution is -2.34. The van der Waals surface area contributed by atoms with Crippen molar-refractivity contribution in [2.75, 3.05) is 11.9 Å². The Balaban J connectivity index is 2.31. The Kier molecular flexibility index (Phi) is 5.55. The second-order valence-corrected chi connectivity index (χ2v) is 5.38. The molecule has 0 saturated heterocycles. The highest BCUT2D eigenvalue weighted by Crippen LogP contribution is 2.13. The molecule has 0 aliphatic rings. The average Bonchev–Trinajstić information content (AvgIpc) is 2.29. The third-order valence-corrected chi connectivity index (χ3v) is 2.31. The van der Waals surface area contributed by atoms with Gasteiger partial charge in [-0.1, -0.05) is 18.2 Å². The topological polar surface area (TPSA) is 67.4 Å². The number of para-hydroxylation sites is 1. The third kappa shape index (κ3) is 6.22. The zero-order valence-electron chi connectivity index (χ0n) is 12.2. The largest absolute Gasteiger partial charge is 0.444 e. The molecule has 0 fully saturated rings. The molecule has 5 nitrogen and oxygen atoms in total. The van der Waals surface area contributed by atoms with Crippen LogP contribution in [0.15, 0.2) is 24.3 Å². The maximum atomic E-state index is 11.7. The van der Waals surface area contributed by atoms with E-state index < -0.39 is 11.7 Å². The fraction of sp³-hybridized carbons (Fsp3) is 0.400. The molecule has 0 unspecified atom stereocenters. The van der Waals surface area contributed by atoms with Crippen LogP contribution in [0.25, 0.3) is 0 Å². The van der Waals surface area contributed by atoms with E-state index in [0.29, 0.717) is 5.69 Å². The first kappa shape index (κ1) is 16.0. The number of amides is 2. The fourth-order valence-electron chi connectivity index (χ4n) is 1.45. The number of benzene rings is 1. The minimum atomic E-state index is -0.542. The van der Waals surface area contributed by atoms with Crippen LogP contribution in [-0.2, 0) is 9.53 Å². The highest BCUT2D eigenvalue weighted by Gasteiger charge is 2.15. The van der Waals surface area contributed by atoms with Crippen LogP contribution in [0.3, 0.4) is 0 Å². The molecule has 0 bridgehead atoms. The van der Waals surface area contributed by atoms with Gasteiger partial charge in [-0.15, -0.1) is 0 Å². The number of alkyl carbamates (subject to hydrolysis) is 1. The van der Waals surface area contributed by atoms with Crippen molar-refractivity contribution in [1.82, 2.24) is 5.32 Å². The molecule has 0 aromatic heterocycles. The van der Waals surface area contributed by atoms with Crippen molar-refractivity contribution < 1.29 is 14.3 Å². The van der Waals surface area contributed by atoms with Crippen LogP contribution in [-0.4, -0.2) is 24.1 Å². The molecule has 1 aromatic rings. The lowest BCUT2D eigenvalue weighted by Gasteiger charge is -2.19. The van der Waals surface area contributed by atoms with Crippen LogP contribution in [0.5, 0.6) is 0 Å². The highest BCUT2D eigenvalue weighted by molar-refractivity contribution is 5.91. The Morgan fingerprint density at radius 2 is 1.90 bits per heavy atom. The molecule has 0 heterocycles. The molecule has 109 valence electrons. The minimum Gasteiger partial charge on any atom is -0.444 e. The summed E-state index contributed by atoms with van der Waals surface area (Å²) in [5.74, 6) is -0.183. The summed E-state index contributed by atoms with van der Waals surface area (Å²) in [6.07, 6.45) is -0.351. The number of rotatable bonds is 4. The number of hydrogen-bond donors (Lipinski definition) is 2. The maximum Gasteiger partial charge on any atom is 0.407 e. The molecule has 2 N–H and O–H groups in total. The summed E-state index contributed by atoms with van der Waals surface area (Å²) in [5.41, 5.74) is 0.884. The Hall–Kier alpha value is -2.04. The average molecular weight is 277 g/mol. The van der Waals surface area contributed by atoms with Gasteiger partial charge >= 0.3 is 6.09 Å². The Labute approximate surface area is 119 Å². The first-order valence-corrected chi connectivity index (χ1v) is 6.45. The maximum absolute atomic E-state index is 11.7. The number of carbonyl (C=O) groups excluding carboxylic acids is 2. The van der Waals surface area contributed by atoms with E-state index in [4.69, 9.17) is 4.74 Å². The molecule has 1 radical (unpaired) electrons. The quantitative estimate of drug-likeness (QED) is 0.889. The monoisotopic (exact) mass is 277 g/mol. The van der Waals surface area contributed by atoms with E-state index in [-0.39, 0.29) is 18.9 Å². The summed E-state index contributed by atoms with van der Waals surface area (Å²) in [4.78, 5) is 23.1. The van der Waals surface area contributed by atoms with Crippen molar-refractivity contribution in [2.24, 2.45) is 0 Å². The minimum absolute atomic E-state index is 0.174. The molecule has 1 rings (SSSR count).